The van der Waals surface area contributed by atoms with Crippen LogP contribution in [0.15, 0.2) is 54.6 Å². The Balaban J connectivity index is 1.85. The highest BCUT2D eigenvalue weighted by molar-refractivity contribution is 5.50. The van der Waals surface area contributed by atoms with Crippen molar-refractivity contribution >= 4 is 6.29 Å². The largest absolute Gasteiger partial charge is 0.497 e. The third-order valence-electron chi connectivity index (χ3n) is 3.83. The molecule has 0 saturated carbocycles. The van der Waals surface area contributed by atoms with Gasteiger partial charge in [0.25, 0.3) is 0 Å². The summed E-state index contributed by atoms with van der Waals surface area (Å²) in [6, 6.07) is 17.6. The predicted molar refractivity (Wildman–Crippen MR) is 92.9 cm³/mol. The zero-order valence-corrected chi connectivity index (χ0v) is 14.2. The van der Waals surface area contributed by atoms with Gasteiger partial charge >= 0.3 is 0 Å². The summed E-state index contributed by atoms with van der Waals surface area (Å²) in [5.41, 5.74) is 2.13. The van der Waals surface area contributed by atoms with Crippen molar-refractivity contribution in [1.82, 2.24) is 0 Å². The Morgan fingerprint density at radius 1 is 0.917 bits per heavy atom. The topological polar surface area (TPSA) is 44.8 Å². The molecule has 2 rings (SSSR count). The number of aldehydes is 1. The molecular weight excluding hydrogens is 304 g/mol. The second-order valence-electron chi connectivity index (χ2n) is 5.60. The number of ether oxygens (including phenoxy) is 3. The average Bonchev–Trinajstić information content (AvgIpc) is 2.64. The number of rotatable bonds is 10. The van der Waals surface area contributed by atoms with Gasteiger partial charge in [-0.05, 0) is 30.2 Å². The van der Waals surface area contributed by atoms with Crippen molar-refractivity contribution in [3.05, 3.63) is 65.7 Å². The van der Waals surface area contributed by atoms with Gasteiger partial charge in [-0.2, -0.15) is 0 Å². The maximum atomic E-state index is 10.9. The molecule has 0 bridgehead atoms. The Kier molecular flexibility index (Phi) is 7.46. The summed E-state index contributed by atoms with van der Waals surface area (Å²) >= 11 is 0. The fourth-order valence-electron chi connectivity index (χ4n) is 2.32. The molecule has 0 aliphatic heterocycles. The van der Waals surface area contributed by atoms with Crippen molar-refractivity contribution in [1.29, 1.82) is 0 Å². The first-order valence-electron chi connectivity index (χ1n) is 8.06. The number of hydrogen-bond acceptors (Lipinski definition) is 4. The highest BCUT2D eigenvalue weighted by Gasteiger charge is 2.18. The number of methoxy groups -OCH3 is 1. The molecule has 0 aliphatic carbocycles. The summed E-state index contributed by atoms with van der Waals surface area (Å²) in [5, 5.41) is 0. The molecule has 0 saturated heterocycles. The van der Waals surface area contributed by atoms with Crippen LogP contribution < -0.4 is 4.74 Å². The molecule has 0 amide bonds. The number of benzene rings is 2. The Bertz CT molecular complexity index is 595. The molecule has 0 spiro atoms. The van der Waals surface area contributed by atoms with Crippen LogP contribution >= 0.6 is 0 Å². The van der Waals surface area contributed by atoms with Crippen LogP contribution in [0.25, 0.3) is 0 Å². The molecule has 24 heavy (non-hydrogen) atoms. The fraction of sp³-hybridized carbons (Fsp3) is 0.350. The van der Waals surface area contributed by atoms with E-state index in [1.165, 1.54) is 0 Å². The second kappa shape index (κ2) is 9.85. The van der Waals surface area contributed by atoms with Crippen molar-refractivity contribution in [3.8, 4) is 5.75 Å². The Morgan fingerprint density at radius 3 is 2.17 bits per heavy atom. The minimum atomic E-state index is -0.263. The average molecular weight is 328 g/mol. The molecule has 4 heteroatoms. The first-order valence-corrected chi connectivity index (χ1v) is 8.06. The minimum Gasteiger partial charge on any atom is -0.497 e. The lowest BCUT2D eigenvalue weighted by molar-refractivity contribution is -0.117. The molecule has 0 radical (unpaired) electrons. The van der Waals surface area contributed by atoms with E-state index < -0.39 is 0 Å². The third-order valence-corrected chi connectivity index (χ3v) is 3.83. The quantitative estimate of drug-likeness (QED) is 0.623. The zero-order chi connectivity index (χ0) is 17.2. The Morgan fingerprint density at radius 2 is 1.54 bits per heavy atom. The second-order valence-corrected chi connectivity index (χ2v) is 5.60. The van der Waals surface area contributed by atoms with E-state index in [4.69, 9.17) is 14.2 Å². The van der Waals surface area contributed by atoms with Crippen LogP contribution in [-0.4, -0.2) is 25.6 Å². The van der Waals surface area contributed by atoms with Crippen LogP contribution in [0, 0.1) is 0 Å². The smallest absolute Gasteiger partial charge is 0.122 e. The molecule has 0 aliphatic rings. The van der Waals surface area contributed by atoms with Crippen molar-refractivity contribution in [2.24, 2.45) is 0 Å². The van der Waals surface area contributed by atoms with Crippen LogP contribution in [0.4, 0.5) is 0 Å². The highest BCUT2D eigenvalue weighted by atomic mass is 16.5. The summed E-state index contributed by atoms with van der Waals surface area (Å²) in [6.07, 6.45) is 0.751. The van der Waals surface area contributed by atoms with E-state index in [9.17, 15) is 4.79 Å². The van der Waals surface area contributed by atoms with E-state index in [2.05, 4.69) is 0 Å². The van der Waals surface area contributed by atoms with Gasteiger partial charge in [0, 0.05) is 6.42 Å². The third kappa shape index (κ3) is 5.80. The number of carbonyl (C=O) groups is 1. The van der Waals surface area contributed by atoms with Crippen LogP contribution in [0.2, 0.25) is 0 Å². The van der Waals surface area contributed by atoms with E-state index in [-0.39, 0.29) is 12.2 Å². The SMILES string of the molecule is COc1ccc(CO[C@@H](C)[C@@H](CC=O)OCc2ccccc2)cc1. The van der Waals surface area contributed by atoms with Gasteiger partial charge in [0.2, 0.25) is 0 Å². The van der Waals surface area contributed by atoms with Crippen LogP contribution in [-0.2, 0) is 27.5 Å². The monoisotopic (exact) mass is 328 g/mol. The van der Waals surface area contributed by atoms with E-state index in [0.29, 0.717) is 19.6 Å². The summed E-state index contributed by atoms with van der Waals surface area (Å²) < 4.78 is 16.9. The first-order chi connectivity index (χ1) is 11.7. The van der Waals surface area contributed by atoms with Gasteiger partial charge in [-0.1, -0.05) is 42.5 Å². The van der Waals surface area contributed by atoms with Crippen molar-refractivity contribution in [2.75, 3.05) is 7.11 Å². The van der Waals surface area contributed by atoms with Gasteiger partial charge in [-0.3, -0.25) is 0 Å². The molecule has 0 N–H and O–H groups in total. The molecule has 4 nitrogen and oxygen atoms in total. The van der Waals surface area contributed by atoms with Crippen molar-refractivity contribution < 1.29 is 19.0 Å². The predicted octanol–water partition coefficient (Wildman–Crippen LogP) is 3.77. The number of carbonyl (C=O) groups excluding carboxylic acids is 1. The van der Waals surface area contributed by atoms with E-state index in [1.54, 1.807) is 7.11 Å². The lowest BCUT2D eigenvalue weighted by atomic mass is 10.1. The standard InChI is InChI=1S/C20H24O4/c1-16(23-14-18-8-10-19(22-2)11-9-18)20(12-13-21)24-15-17-6-4-3-5-7-17/h3-11,13,16,20H,12,14-15H2,1-2H3/t16-,20+/m0/s1. The summed E-state index contributed by atoms with van der Waals surface area (Å²) in [6.45, 7) is 2.87. The molecule has 2 atom stereocenters. The maximum Gasteiger partial charge on any atom is 0.122 e. The number of hydrogen-bond donors (Lipinski definition) is 0. The first kappa shape index (κ1) is 18.2. The van der Waals surface area contributed by atoms with Crippen LogP contribution in [0.3, 0.4) is 0 Å². The van der Waals surface area contributed by atoms with E-state index in [0.717, 1.165) is 23.2 Å². The van der Waals surface area contributed by atoms with Crippen molar-refractivity contribution in [3.63, 3.8) is 0 Å². The lowest BCUT2D eigenvalue weighted by Crippen LogP contribution is -2.29. The van der Waals surface area contributed by atoms with Crippen molar-refractivity contribution in [2.45, 2.75) is 38.8 Å². The molecule has 0 unspecified atom stereocenters. The maximum absolute atomic E-state index is 10.9. The molecule has 0 heterocycles. The molecule has 0 fully saturated rings. The fourth-order valence-corrected chi connectivity index (χ4v) is 2.32. The van der Waals surface area contributed by atoms with Gasteiger partial charge in [-0.15, -0.1) is 0 Å². The van der Waals surface area contributed by atoms with Gasteiger partial charge in [-0.25, -0.2) is 0 Å². The Labute approximate surface area is 143 Å². The van der Waals surface area contributed by atoms with Crippen LogP contribution in [0.1, 0.15) is 24.5 Å². The normalized spacial score (nSPS) is 13.2. The molecule has 128 valence electrons. The Hall–Kier alpha value is -2.17. The lowest BCUT2D eigenvalue weighted by Gasteiger charge is -2.23. The summed E-state index contributed by atoms with van der Waals surface area (Å²) in [5.74, 6) is 0.817. The van der Waals surface area contributed by atoms with Gasteiger partial charge < -0.3 is 19.0 Å². The minimum absolute atomic E-state index is 0.180. The highest BCUT2D eigenvalue weighted by Crippen LogP contribution is 2.15. The molecule has 0 aromatic heterocycles. The molecular formula is C20H24O4. The van der Waals surface area contributed by atoms with Gasteiger partial charge in [0.15, 0.2) is 0 Å². The summed E-state index contributed by atoms with van der Waals surface area (Å²) in [4.78, 5) is 10.9. The van der Waals surface area contributed by atoms with Crippen LogP contribution in [0.5, 0.6) is 5.75 Å². The van der Waals surface area contributed by atoms with E-state index in [1.807, 2.05) is 61.5 Å². The zero-order valence-electron chi connectivity index (χ0n) is 14.2. The van der Waals surface area contributed by atoms with E-state index >= 15 is 0 Å². The van der Waals surface area contributed by atoms with Gasteiger partial charge in [0.05, 0.1) is 32.5 Å². The molecule has 2 aromatic rings. The molecule has 2 aromatic carbocycles. The summed E-state index contributed by atoms with van der Waals surface area (Å²) in [7, 11) is 1.64. The van der Waals surface area contributed by atoms with Gasteiger partial charge in [0.1, 0.15) is 12.0 Å².